The van der Waals surface area contributed by atoms with Crippen molar-refractivity contribution >= 4 is 34.8 Å². The van der Waals surface area contributed by atoms with E-state index < -0.39 is 0 Å². The predicted octanol–water partition coefficient (Wildman–Crippen LogP) is 3.75. The lowest BCUT2D eigenvalue weighted by molar-refractivity contribution is 0.0994. The Morgan fingerprint density at radius 2 is 2.10 bits per heavy atom. The number of thioether (sulfide) groups is 1. The number of fused-ring (bicyclic) bond motifs is 1. The Kier molecular flexibility index (Phi) is 3.94. The van der Waals surface area contributed by atoms with E-state index in [-0.39, 0.29) is 11.0 Å². The summed E-state index contributed by atoms with van der Waals surface area (Å²) in [5.41, 5.74) is 1.37. The third-order valence-corrected chi connectivity index (χ3v) is 4.33. The molecule has 3 rings (SSSR count). The fraction of sp³-hybridized carbons (Fsp3) is 0.133. The molecule has 0 aliphatic rings. The second-order valence-electron chi connectivity index (χ2n) is 4.55. The van der Waals surface area contributed by atoms with E-state index in [1.807, 2.05) is 35.7 Å². The number of carbonyl (C=O) groups is 1. The molecule has 0 saturated carbocycles. The SMILES string of the molecule is CC(Sc1nnc2ccccn12)C(=O)c1cccc(Cl)c1. The molecule has 4 nitrogen and oxygen atoms in total. The Hall–Kier alpha value is -1.85. The summed E-state index contributed by atoms with van der Waals surface area (Å²) in [6, 6.07) is 12.7. The van der Waals surface area contributed by atoms with Gasteiger partial charge in [-0.1, -0.05) is 41.6 Å². The summed E-state index contributed by atoms with van der Waals surface area (Å²) in [4.78, 5) is 12.4. The number of Topliss-reactive ketones (excluding diaryl/α,β-unsaturated/α-hetero) is 1. The Labute approximate surface area is 131 Å². The van der Waals surface area contributed by atoms with Crippen molar-refractivity contribution in [3.63, 3.8) is 0 Å². The van der Waals surface area contributed by atoms with Crippen molar-refractivity contribution in [1.82, 2.24) is 14.6 Å². The number of hydrogen-bond donors (Lipinski definition) is 0. The van der Waals surface area contributed by atoms with E-state index in [1.165, 1.54) is 11.8 Å². The van der Waals surface area contributed by atoms with Crippen molar-refractivity contribution in [3.05, 3.63) is 59.2 Å². The standard InChI is InChI=1S/C15H12ClN3OS/c1-10(14(20)11-5-4-6-12(16)9-11)21-15-18-17-13-7-2-3-8-19(13)15/h2-10H,1H3. The molecule has 0 aliphatic carbocycles. The van der Waals surface area contributed by atoms with Crippen LogP contribution in [0.3, 0.4) is 0 Å². The summed E-state index contributed by atoms with van der Waals surface area (Å²) in [5, 5.41) is 9.20. The summed E-state index contributed by atoms with van der Waals surface area (Å²) in [7, 11) is 0. The van der Waals surface area contributed by atoms with E-state index >= 15 is 0 Å². The molecule has 0 N–H and O–H groups in total. The normalized spacial score (nSPS) is 12.5. The van der Waals surface area contributed by atoms with Crippen LogP contribution in [-0.4, -0.2) is 25.6 Å². The molecule has 1 unspecified atom stereocenters. The van der Waals surface area contributed by atoms with Crippen molar-refractivity contribution in [1.29, 1.82) is 0 Å². The number of aromatic nitrogens is 3. The lowest BCUT2D eigenvalue weighted by Gasteiger charge is -2.09. The van der Waals surface area contributed by atoms with Crippen LogP contribution in [0.4, 0.5) is 0 Å². The number of ketones is 1. The quantitative estimate of drug-likeness (QED) is 0.543. The van der Waals surface area contributed by atoms with E-state index in [9.17, 15) is 4.79 Å². The highest BCUT2D eigenvalue weighted by atomic mass is 35.5. The van der Waals surface area contributed by atoms with Crippen LogP contribution < -0.4 is 0 Å². The first kappa shape index (κ1) is 14.1. The fourth-order valence-corrected chi connectivity index (χ4v) is 3.09. The van der Waals surface area contributed by atoms with Gasteiger partial charge < -0.3 is 0 Å². The molecule has 0 amide bonds. The van der Waals surface area contributed by atoms with Crippen LogP contribution in [0.2, 0.25) is 5.02 Å². The van der Waals surface area contributed by atoms with E-state index in [4.69, 9.17) is 11.6 Å². The number of rotatable bonds is 4. The van der Waals surface area contributed by atoms with Crippen LogP contribution >= 0.6 is 23.4 Å². The second-order valence-corrected chi connectivity index (χ2v) is 6.29. The highest BCUT2D eigenvalue weighted by Crippen LogP contribution is 2.25. The van der Waals surface area contributed by atoms with Gasteiger partial charge in [0.2, 0.25) is 0 Å². The zero-order valence-electron chi connectivity index (χ0n) is 11.2. The van der Waals surface area contributed by atoms with Crippen molar-refractivity contribution in [2.75, 3.05) is 0 Å². The summed E-state index contributed by atoms with van der Waals surface area (Å²) in [6.07, 6.45) is 1.88. The first-order chi connectivity index (χ1) is 10.1. The molecule has 0 spiro atoms. The molecule has 106 valence electrons. The molecule has 0 bridgehead atoms. The van der Waals surface area contributed by atoms with Gasteiger partial charge >= 0.3 is 0 Å². The van der Waals surface area contributed by atoms with Crippen LogP contribution in [0.25, 0.3) is 5.65 Å². The number of nitrogens with zero attached hydrogens (tertiary/aromatic N) is 3. The van der Waals surface area contributed by atoms with Gasteiger partial charge in [0.1, 0.15) is 0 Å². The van der Waals surface area contributed by atoms with Crippen LogP contribution in [0, 0.1) is 0 Å². The topological polar surface area (TPSA) is 47.3 Å². The fourth-order valence-electron chi connectivity index (χ4n) is 1.99. The molecular formula is C15H12ClN3OS. The highest BCUT2D eigenvalue weighted by molar-refractivity contribution is 8.00. The Bertz CT molecular complexity index is 802. The van der Waals surface area contributed by atoms with Crippen molar-refractivity contribution < 1.29 is 4.79 Å². The van der Waals surface area contributed by atoms with Crippen LogP contribution in [0.5, 0.6) is 0 Å². The van der Waals surface area contributed by atoms with Crippen LogP contribution in [0.15, 0.2) is 53.8 Å². The molecule has 0 fully saturated rings. The van der Waals surface area contributed by atoms with Gasteiger partial charge in [-0.2, -0.15) is 0 Å². The lowest BCUT2D eigenvalue weighted by atomic mass is 10.1. The third kappa shape index (κ3) is 2.94. The van der Waals surface area contributed by atoms with Gasteiger partial charge in [0.05, 0.1) is 5.25 Å². The summed E-state index contributed by atoms with van der Waals surface area (Å²) >= 11 is 7.31. The maximum absolute atomic E-state index is 12.4. The molecule has 6 heteroatoms. The van der Waals surface area contributed by atoms with Crippen molar-refractivity contribution in [3.8, 4) is 0 Å². The Morgan fingerprint density at radius 1 is 1.24 bits per heavy atom. The molecular weight excluding hydrogens is 306 g/mol. The predicted molar refractivity (Wildman–Crippen MR) is 84.1 cm³/mol. The van der Waals surface area contributed by atoms with Gasteiger partial charge in [0.15, 0.2) is 16.6 Å². The first-order valence-corrected chi connectivity index (χ1v) is 7.67. The van der Waals surface area contributed by atoms with Gasteiger partial charge in [-0.15, -0.1) is 10.2 Å². The summed E-state index contributed by atoms with van der Waals surface area (Å²) in [5.74, 6) is 0.0233. The van der Waals surface area contributed by atoms with E-state index in [0.29, 0.717) is 15.7 Å². The number of carbonyl (C=O) groups excluding carboxylic acids is 1. The molecule has 2 aromatic heterocycles. The van der Waals surface area contributed by atoms with Crippen molar-refractivity contribution in [2.45, 2.75) is 17.3 Å². The van der Waals surface area contributed by atoms with E-state index in [1.54, 1.807) is 24.3 Å². The number of halogens is 1. The molecule has 0 saturated heterocycles. The average Bonchev–Trinajstić information content (AvgIpc) is 2.90. The minimum atomic E-state index is -0.268. The minimum Gasteiger partial charge on any atom is -0.293 e. The van der Waals surface area contributed by atoms with Crippen LogP contribution in [-0.2, 0) is 0 Å². The minimum absolute atomic E-state index is 0.0233. The maximum atomic E-state index is 12.4. The first-order valence-electron chi connectivity index (χ1n) is 6.41. The monoisotopic (exact) mass is 317 g/mol. The smallest absolute Gasteiger partial charge is 0.196 e. The molecule has 2 heterocycles. The highest BCUT2D eigenvalue weighted by Gasteiger charge is 2.19. The Morgan fingerprint density at radius 3 is 2.90 bits per heavy atom. The number of benzene rings is 1. The molecule has 1 atom stereocenters. The summed E-state index contributed by atoms with van der Waals surface area (Å²) < 4.78 is 1.87. The number of pyridine rings is 1. The molecule has 1 aromatic carbocycles. The zero-order valence-corrected chi connectivity index (χ0v) is 12.8. The molecule has 0 radical (unpaired) electrons. The van der Waals surface area contributed by atoms with E-state index in [0.717, 1.165) is 5.65 Å². The number of hydrogen-bond acceptors (Lipinski definition) is 4. The zero-order chi connectivity index (χ0) is 14.8. The van der Waals surface area contributed by atoms with Crippen molar-refractivity contribution in [2.24, 2.45) is 0 Å². The Balaban J connectivity index is 1.83. The lowest BCUT2D eigenvalue weighted by Crippen LogP contribution is -2.14. The second kappa shape index (κ2) is 5.87. The molecule has 21 heavy (non-hydrogen) atoms. The van der Waals surface area contributed by atoms with Gasteiger partial charge in [-0.05, 0) is 31.2 Å². The van der Waals surface area contributed by atoms with Gasteiger partial charge in [0, 0.05) is 16.8 Å². The van der Waals surface area contributed by atoms with Crippen LogP contribution in [0.1, 0.15) is 17.3 Å². The third-order valence-electron chi connectivity index (χ3n) is 3.04. The van der Waals surface area contributed by atoms with Gasteiger partial charge in [-0.3, -0.25) is 9.20 Å². The summed E-state index contributed by atoms with van der Waals surface area (Å²) in [6.45, 7) is 1.86. The maximum Gasteiger partial charge on any atom is 0.196 e. The van der Waals surface area contributed by atoms with Gasteiger partial charge in [-0.25, -0.2) is 0 Å². The van der Waals surface area contributed by atoms with Gasteiger partial charge in [0.25, 0.3) is 0 Å². The molecule has 0 aliphatic heterocycles. The molecule has 3 aromatic rings. The largest absolute Gasteiger partial charge is 0.293 e. The van der Waals surface area contributed by atoms with E-state index in [2.05, 4.69) is 10.2 Å². The average molecular weight is 318 g/mol.